The molecule has 0 unspecified atom stereocenters. The molecular weight excluding hydrogens is 612 g/mol. The van der Waals surface area contributed by atoms with Crippen LogP contribution in [0.4, 0.5) is 37.8 Å². The average molecular weight is 630 g/mol. The molecule has 43 heavy (non-hydrogen) atoms. The molecule has 0 saturated heterocycles. The molecule has 2 aromatic heterocycles. The highest BCUT2D eigenvalue weighted by Crippen LogP contribution is 2.31. The summed E-state index contributed by atoms with van der Waals surface area (Å²) < 4.78 is 68.8. The second-order valence-electron chi connectivity index (χ2n) is 8.19. The van der Waals surface area contributed by atoms with Gasteiger partial charge in [0.15, 0.2) is 5.82 Å². The molecule has 0 aliphatic rings. The van der Waals surface area contributed by atoms with Crippen molar-refractivity contribution in [3.63, 3.8) is 0 Å². The molecule has 4 N–H and O–H groups in total. The number of carboxylic acids is 2. The van der Waals surface area contributed by atoms with Gasteiger partial charge >= 0.3 is 24.3 Å². The van der Waals surface area contributed by atoms with E-state index in [2.05, 4.69) is 15.5 Å². The first kappa shape index (κ1) is 32.4. The zero-order valence-electron chi connectivity index (χ0n) is 21.5. The van der Waals surface area contributed by atoms with E-state index in [1.54, 1.807) is 13.3 Å². The molecule has 0 aliphatic carbocycles. The summed E-state index contributed by atoms with van der Waals surface area (Å²) in [6.07, 6.45) is -8.37. The van der Waals surface area contributed by atoms with Crippen LogP contribution in [0.1, 0.15) is 0 Å². The third kappa shape index (κ3) is 8.93. The lowest BCUT2D eigenvalue weighted by Crippen LogP contribution is -2.21. The van der Waals surface area contributed by atoms with Gasteiger partial charge in [0.2, 0.25) is 0 Å². The largest absolute Gasteiger partial charge is 0.497 e. The molecule has 17 heteroatoms. The molecule has 5 rings (SSSR count). The summed E-state index contributed by atoms with van der Waals surface area (Å²) in [5.41, 5.74) is 3.51. The van der Waals surface area contributed by atoms with Crippen molar-refractivity contribution in [3.8, 4) is 17.1 Å². The fourth-order valence-electron chi connectivity index (χ4n) is 3.25. The van der Waals surface area contributed by atoms with Crippen LogP contribution in [-0.4, -0.2) is 61.8 Å². The molecule has 0 atom stereocenters. The third-order valence-corrected chi connectivity index (χ3v) is 5.41. The van der Waals surface area contributed by atoms with Crippen LogP contribution >= 0.6 is 11.6 Å². The summed E-state index contributed by atoms with van der Waals surface area (Å²) >= 11 is 6.22. The number of nitrogens with zero attached hydrogens (tertiary/aromatic N) is 3. The van der Waals surface area contributed by atoms with Gasteiger partial charge in [-0.15, -0.1) is 0 Å². The number of ether oxygens (including phenoxy) is 1. The van der Waals surface area contributed by atoms with E-state index < -0.39 is 24.3 Å². The third-order valence-electron chi connectivity index (χ3n) is 5.17. The quantitative estimate of drug-likeness (QED) is 0.157. The van der Waals surface area contributed by atoms with Crippen LogP contribution in [0.25, 0.3) is 33.2 Å². The van der Waals surface area contributed by atoms with Crippen molar-refractivity contribution in [1.82, 2.24) is 20.2 Å². The van der Waals surface area contributed by atoms with E-state index in [4.69, 9.17) is 46.1 Å². The molecule has 0 amide bonds. The number of hydrogen-bond donors (Lipinski definition) is 4. The zero-order valence-corrected chi connectivity index (χ0v) is 22.2. The number of carbonyl (C=O) groups is 2. The second-order valence-corrected chi connectivity index (χ2v) is 8.63. The number of carboxylic acid groups (broad SMARTS) is 2. The van der Waals surface area contributed by atoms with Gasteiger partial charge in [-0.25, -0.2) is 19.6 Å². The van der Waals surface area contributed by atoms with Crippen LogP contribution in [-0.2, 0) is 9.59 Å². The number of H-pyrrole nitrogens is 1. The number of rotatable bonds is 4. The number of alkyl halides is 6. The average Bonchev–Trinajstić information content (AvgIpc) is 3.40. The highest BCUT2D eigenvalue weighted by Gasteiger charge is 2.38. The number of fused-ring (bicyclic) bond motifs is 2. The normalized spacial score (nSPS) is 11.2. The molecule has 2 heterocycles. The van der Waals surface area contributed by atoms with Gasteiger partial charge in [0.1, 0.15) is 11.6 Å². The highest BCUT2D eigenvalue weighted by molar-refractivity contribution is 6.31. The lowest BCUT2D eigenvalue weighted by molar-refractivity contribution is -0.193. The number of anilines is 2. The maximum atomic E-state index is 10.6. The Bertz CT molecular complexity index is 1740. The Morgan fingerprint density at radius 3 is 2.16 bits per heavy atom. The summed E-state index contributed by atoms with van der Waals surface area (Å²) in [6.45, 7) is 0. The van der Waals surface area contributed by atoms with Gasteiger partial charge in [-0.1, -0.05) is 23.7 Å². The number of hydrogen-bond acceptors (Lipinski definition) is 7. The Morgan fingerprint density at radius 1 is 0.907 bits per heavy atom. The van der Waals surface area contributed by atoms with Gasteiger partial charge in [0.25, 0.3) is 0 Å². The predicted molar refractivity (Wildman–Crippen MR) is 143 cm³/mol. The van der Waals surface area contributed by atoms with Crippen molar-refractivity contribution >= 4 is 56.9 Å². The van der Waals surface area contributed by atoms with Gasteiger partial charge in [0, 0.05) is 27.0 Å². The Morgan fingerprint density at radius 2 is 1.56 bits per heavy atom. The standard InChI is InChI=1S/C22H16ClN5O.2C2HF3O2/c1-29-17-4-2-3-13(10-17)21-26-20-11-15(23)5-7-18(20)22(27-21)25-16-6-8-19-14(9-16)12-24-28-19;2*3-2(4,5)1(6)7/h2-12H,1H3,(H,24,28)(H,25,26,27);2*(H,6,7). The van der Waals surface area contributed by atoms with E-state index in [9.17, 15) is 26.3 Å². The molecule has 0 aliphatic heterocycles. The van der Waals surface area contributed by atoms with Gasteiger partial charge in [0.05, 0.1) is 24.3 Å². The predicted octanol–water partition coefficient (Wildman–Crippen LogP) is 6.85. The number of aromatic nitrogens is 4. The van der Waals surface area contributed by atoms with Crippen molar-refractivity contribution < 1.29 is 50.9 Å². The summed E-state index contributed by atoms with van der Waals surface area (Å²) in [5.74, 6) is -3.48. The first-order chi connectivity index (χ1) is 20.1. The Kier molecular flexibility index (Phi) is 9.98. The number of methoxy groups -OCH3 is 1. The summed E-state index contributed by atoms with van der Waals surface area (Å²) in [7, 11) is 1.64. The maximum absolute atomic E-state index is 10.6. The Labute approximate surface area is 241 Å². The van der Waals surface area contributed by atoms with Crippen molar-refractivity contribution in [3.05, 3.63) is 71.9 Å². The van der Waals surface area contributed by atoms with E-state index in [0.717, 1.165) is 38.8 Å². The minimum atomic E-state index is -5.08. The first-order valence-corrected chi connectivity index (χ1v) is 11.9. The van der Waals surface area contributed by atoms with Gasteiger partial charge in [-0.2, -0.15) is 31.4 Å². The molecular formula is C26H18ClF6N5O5. The first-order valence-electron chi connectivity index (χ1n) is 11.5. The zero-order chi connectivity index (χ0) is 31.9. The van der Waals surface area contributed by atoms with Crippen LogP contribution in [0, 0.1) is 0 Å². The molecule has 0 bridgehead atoms. The molecule has 0 spiro atoms. The SMILES string of the molecule is COc1cccc(-c2nc(Nc3ccc4[nH]ncc4c3)c3ccc(Cl)cc3n2)c1.O=C(O)C(F)(F)F.O=C(O)C(F)(F)F. The summed E-state index contributed by atoms with van der Waals surface area (Å²) in [5, 5.41) is 27.2. The van der Waals surface area contributed by atoms with E-state index in [0.29, 0.717) is 16.7 Å². The van der Waals surface area contributed by atoms with Crippen LogP contribution in [0.3, 0.4) is 0 Å². The van der Waals surface area contributed by atoms with Crippen molar-refractivity contribution in [2.45, 2.75) is 12.4 Å². The van der Waals surface area contributed by atoms with Crippen molar-refractivity contribution in [1.29, 1.82) is 0 Å². The van der Waals surface area contributed by atoms with Gasteiger partial charge in [-0.05, 0) is 48.5 Å². The van der Waals surface area contributed by atoms with E-state index in [1.165, 1.54) is 0 Å². The Hall–Kier alpha value is -5.12. The molecule has 226 valence electrons. The van der Waals surface area contributed by atoms with Gasteiger partial charge < -0.3 is 20.3 Å². The number of aliphatic carboxylic acids is 2. The summed E-state index contributed by atoms with van der Waals surface area (Å²) in [6, 6.07) is 19.3. The second kappa shape index (κ2) is 13.2. The fourth-order valence-corrected chi connectivity index (χ4v) is 3.41. The van der Waals surface area contributed by atoms with Crippen molar-refractivity contribution in [2.24, 2.45) is 0 Å². The highest BCUT2D eigenvalue weighted by atomic mass is 35.5. The minimum absolute atomic E-state index is 0.588. The molecule has 0 fully saturated rings. The van der Waals surface area contributed by atoms with Crippen LogP contribution in [0.2, 0.25) is 5.02 Å². The minimum Gasteiger partial charge on any atom is -0.497 e. The number of nitrogens with one attached hydrogen (secondary N) is 2. The number of aromatic amines is 1. The van der Waals surface area contributed by atoms with E-state index in [-0.39, 0.29) is 0 Å². The van der Waals surface area contributed by atoms with Crippen LogP contribution in [0.5, 0.6) is 5.75 Å². The molecule has 0 radical (unpaired) electrons. The molecule has 3 aromatic carbocycles. The Balaban J connectivity index is 0.000000303. The lowest BCUT2D eigenvalue weighted by atomic mass is 10.1. The van der Waals surface area contributed by atoms with E-state index >= 15 is 0 Å². The van der Waals surface area contributed by atoms with E-state index in [1.807, 2.05) is 60.7 Å². The van der Waals surface area contributed by atoms with Crippen LogP contribution in [0.15, 0.2) is 66.9 Å². The van der Waals surface area contributed by atoms with Gasteiger partial charge in [-0.3, -0.25) is 5.10 Å². The smallest absolute Gasteiger partial charge is 0.490 e. The maximum Gasteiger partial charge on any atom is 0.490 e. The fraction of sp³-hybridized carbons (Fsp3) is 0.115. The molecule has 0 saturated carbocycles. The summed E-state index contributed by atoms with van der Waals surface area (Å²) in [4.78, 5) is 27.3. The van der Waals surface area contributed by atoms with Crippen LogP contribution < -0.4 is 10.1 Å². The number of halogens is 7. The lowest BCUT2D eigenvalue weighted by Gasteiger charge is -2.12. The number of benzene rings is 3. The monoisotopic (exact) mass is 629 g/mol. The molecule has 5 aromatic rings. The topological polar surface area (TPSA) is 150 Å². The molecule has 10 nitrogen and oxygen atoms in total. The van der Waals surface area contributed by atoms with Crippen molar-refractivity contribution in [2.75, 3.05) is 12.4 Å².